The zero-order valence-electron chi connectivity index (χ0n) is 29.5. The van der Waals surface area contributed by atoms with Gasteiger partial charge in [-0.3, -0.25) is 0 Å². The van der Waals surface area contributed by atoms with E-state index in [2.05, 4.69) is 20.3 Å². The summed E-state index contributed by atoms with van der Waals surface area (Å²) in [6, 6.07) is 4.41. The first kappa shape index (κ1) is 37.3. The zero-order chi connectivity index (χ0) is 37.4. The number of halogens is 1. The van der Waals surface area contributed by atoms with Crippen LogP contribution < -0.4 is 15.1 Å². The van der Waals surface area contributed by atoms with Crippen molar-refractivity contribution in [2.24, 2.45) is 0 Å². The summed E-state index contributed by atoms with van der Waals surface area (Å²) >= 11 is 0. The normalized spacial score (nSPS) is 16.5. The first-order valence-electron chi connectivity index (χ1n) is 15.7. The van der Waals surface area contributed by atoms with Gasteiger partial charge in [-0.25, -0.2) is 38.5 Å². The van der Waals surface area contributed by atoms with E-state index in [0.717, 1.165) is 12.4 Å². The number of benzene rings is 1. The number of nitrogens with one attached hydrogen (secondary N) is 1. The summed E-state index contributed by atoms with van der Waals surface area (Å²) in [5.41, 5.74) is -4.29. The third-order valence-electron chi connectivity index (χ3n) is 7.18. The number of fused-ring (bicyclic) bond motifs is 1. The third kappa shape index (κ3) is 8.36. The standard InChI is InChI=1S/C33H41FN8O8/c1-30(2,3)48-27(45)39-33(26(43)44)12-13-40(16-33)22-11-10-21(34)19(14-35)20(22)15-41-18-38-23-24(41)36-17-37-25(23)42(28(46)49-31(4,5)6)29(47)50-32(7,8)9/h10-11,17-18H,12-13,15-16H2,1-9H3,(H,39,45)(H,43,44)/t33-/m1/s1. The van der Waals surface area contributed by atoms with Crippen LogP contribution in [0.3, 0.4) is 0 Å². The second-order valence-corrected chi connectivity index (χ2v) is 14.8. The number of carboxylic acid groups (broad SMARTS) is 1. The molecule has 17 heteroatoms. The quantitative estimate of drug-likeness (QED) is 0.322. The molecule has 0 unspecified atom stereocenters. The number of imide groups is 1. The van der Waals surface area contributed by atoms with E-state index in [9.17, 15) is 29.5 Å². The molecule has 0 aliphatic carbocycles. The molecule has 2 aromatic heterocycles. The van der Waals surface area contributed by atoms with Crippen LogP contribution in [0.25, 0.3) is 11.2 Å². The van der Waals surface area contributed by atoms with Gasteiger partial charge in [0.1, 0.15) is 35.0 Å². The van der Waals surface area contributed by atoms with E-state index in [1.807, 2.05) is 6.07 Å². The molecule has 3 amide bonds. The van der Waals surface area contributed by atoms with Crippen molar-refractivity contribution in [3.63, 3.8) is 0 Å². The summed E-state index contributed by atoms with van der Waals surface area (Å²) in [4.78, 5) is 66.8. The van der Waals surface area contributed by atoms with Gasteiger partial charge in [-0.15, -0.1) is 0 Å². The molecule has 0 spiro atoms. The molecule has 4 rings (SSSR count). The van der Waals surface area contributed by atoms with E-state index >= 15 is 4.39 Å². The Balaban J connectivity index is 1.76. The molecule has 1 saturated heterocycles. The molecule has 16 nitrogen and oxygen atoms in total. The Kier molecular flexibility index (Phi) is 10.0. The Morgan fingerprint density at radius 3 is 2.12 bits per heavy atom. The van der Waals surface area contributed by atoms with Gasteiger partial charge < -0.3 is 34.1 Å². The molecule has 1 fully saturated rings. The molecule has 268 valence electrons. The maximum Gasteiger partial charge on any atom is 0.425 e. The van der Waals surface area contributed by atoms with E-state index < -0.39 is 52.4 Å². The number of amides is 3. The van der Waals surface area contributed by atoms with Crippen molar-refractivity contribution in [1.82, 2.24) is 24.8 Å². The summed E-state index contributed by atoms with van der Waals surface area (Å²) in [7, 11) is 0. The number of anilines is 2. The van der Waals surface area contributed by atoms with Crippen LogP contribution in [-0.4, -0.2) is 84.3 Å². The monoisotopic (exact) mass is 696 g/mol. The highest BCUT2D eigenvalue weighted by Crippen LogP contribution is 2.34. The van der Waals surface area contributed by atoms with E-state index in [0.29, 0.717) is 10.6 Å². The van der Waals surface area contributed by atoms with Gasteiger partial charge in [-0.1, -0.05) is 0 Å². The number of aliphatic carboxylic acids is 1. The van der Waals surface area contributed by atoms with E-state index in [1.165, 1.54) is 17.0 Å². The Morgan fingerprint density at radius 1 is 0.980 bits per heavy atom. The molecular weight excluding hydrogens is 655 g/mol. The van der Waals surface area contributed by atoms with Gasteiger partial charge in [0.15, 0.2) is 22.5 Å². The molecule has 3 heterocycles. The lowest BCUT2D eigenvalue weighted by Gasteiger charge is -2.29. The molecule has 3 aromatic rings. The maximum absolute atomic E-state index is 15.1. The Hall–Kier alpha value is -5.53. The van der Waals surface area contributed by atoms with Gasteiger partial charge in [-0.05, 0) is 74.4 Å². The number of carboxylic acids is 1. The molecule has 50 heavy (non-hydrogen) atoms. The molecule has 2 N–H and O–H groups in total. The van der Waals surface area contributed by atoms with Crippen molar-refractivity contribution < 1.29 is 42.9 Å². The summed E-state index contributed by atoms with van der Waals surface area (Å²) in [6.45, 7) is 14.4. The highest BCUT2D eigenvalue weighted by molar-refractivity contribution is 6.12. The number of nitriles is 1. The van der Waals surface area contributed by atoms with Crippen LogP contribution in [0.5, 0.6) is 0 Å². The molecule has 1 aliphatic heterocycles. The lowest BCUT2D eigenvalue weighted by atomic mass is 9.99. The summed E-state index contributed by atoms with van der Waals surface area (Å²) in [5, 5.41) is 22.7. The minimum atomic E-state index is -1.74. The number of nitrogens with zero attached hydrogens (tertiary/aromatic N) is 7. The van der Waals surface area contributed by atoms with Crippen LogP contribution in [0.15, 0.2) is 24.8 Å². The number of carbonyl (C=O) groups excluding carboxylic acids is 3. The smallest absolute Gasteiger partial charge is 0.425 e. The zero-order valence-corrected chi connectivity index (χ0v) is 29.5. The fraction of sp³-hybridized carbons (Fsp3) is 0.515. The average Bonchev–Trinajstić information content (AvgIpc) is 3.56. The van der Waals surface area contributed by atoms with Gasteiger partial charge in [0.25, 0.3) is 0 Å². The van der Waals surface area contributed by atoms with E-state index in [4.69, 9.17) is 14.2 Å². The van der Waals surface area contributed by atoms with Crippen molar-refractivity contribution in [3.8, 4) is 6.07 Å². The van der Waals surface area contributed by atoms with Crippen LogP contribution in [0.2, 0.25) is 0 Å². The number of ether oxygens (including phenoxy) is 3. The van der Waals surface area contributed by atoms with Crippen LogP contribution in [0.4, 0.5) is 30.3 Å². The van der Waals surface area contributed by atoms with Crippen molar-refractivity contribution in [3.05, 3.63) is 41.7 Å². The third-order valence-corrected chi connectivity index (χ3v) is 7.18. The van der Waals surface area contributed by atoms with Crippen LogP contribution in [0.1, 0.15) is 79.9 Å². The SMILES string of the molecule is CC(C)(C)OC(=O)N[C@]1(C(=O)O)CCN(c2ccc(F)c(C#N)c2Cn2cnc3c(N(C(=O)OC(C)(C)C)C(=O)OC(C)(C)C)ncnc32)C1. The highest BCUT2D eigenvalue weighted by Gasteiger charge is 2.48. The topological polar surface area (TPSA) is 202 Å². The Morgan fingerprint density at radius 2 is 1.58 bits per heavy atom. The molecule has 1 atom stereocenters. The van der Waals surface area contributed by atoms with Gasteiger partial charge in [-0.2, -0.15) is 10.2 Å². The molecule has 0 saturated carbocycles. The predicted octanol–water partition coefficient (Wildman–Crippen LogP) is 5.12. The first-order valence-corrected chi connectivity index (χ1v) is 15.7. The summed E-state index contributed by atoms with van der Waals surface area (Å²) in [6.07, 6.45) is -0.662. The second kappa shape index (κ2) is 13.4. The fourth-order valence-corrected chi connectivity index (χ4v) is 5.21. The number of hydrogen-bond acceptors (Lipinski definition) is 12. The Bertz CT molecular complexity index is 1840. The average molecular weight is 697 g/mol. The van der Waals surface area contributed by atoms with Crippen LogP contribution >= 0.6 is 0 Å². The van der Waals surface area contributed by atoms with Crippen molar-refractivity contribution >= 4 is 46.9 Å². The number of hydrogen-bond donors (Lipinski definition) is 2. The van der Waals surface area contributed by atoms with Crippen LogP contribution in [-0.2, 0) is 25.5 Å². The van der Waals surface area contributed by atoms with Gasteiger partial charge in [0, 0.05) is 24.2 Å². The summed E-state index contributed by atoms with van der Waals surface area (Å²) < 4.78 is 32.8. The molecular formula is C33H41FN8O8. The lowest BCUT2D eigenvalue weighted by molar-refractivity contribution is -0.143. The number of alkyl carbamates (subject to hydrolysis) is 1. The maximum atomic E-state index is 15.1. The second-order valence-electron chi connectivity index (χ2n) is 14.8. The highest BCUT2D eigenvalue weighted by atomic mass is 19.1. The largest absolute Gasteiger partial charge is 0.479 e. The van der Waals surface area contributed by atoms with Crippen LogP contribution in [0, 0.1) is 17.1 Å². The molecule has 0 radical (unpaired) electrons. The van der Waals surface area contributed by atoms with E-state index in [-0.39, 0.29) is 54.2 Å². The number of carbonyl (C=O) groups is 4. The molecule has 1 aliphatic rings. The van der Waals surface area contributed by atoms with Crippen molar-refractivity contribution in [1.29, 1.82) is 5.26 Å². The minimum absolute atomic E-state index is 0.00620. The van der Waals surface area contributed by atoms with E-state index in [1.54, 1.807) is 67.2 Å². The fourth-order valence-electron chi connectivity index (χ4n) is 5.21. The van der Waals surface area contributed by atoms with Gasteiger partial charge in [0.05, 0.1) is 25.0 Å². The molecule has 1 aromatic carbocycles. The summed E-state index contributed by atoms with van der Waals surface area (Å²) in [5.74, 6) is -2.35. The van der Waals surface area contributed by atoms with Crippen molar-refractivity contribution in [2.75, 3.05) is 22.9 Å². The minimum Gasteiger partial charge on any atom is -0.479 e. The number of rotatable bonds is 6. The van der Waals surface area contributed by atoms with Crippen molar-refractivity contribution in [2.45, 2.75) is 97.6 Å². The molecule has 0 bridgehead atoms. The van der Waals surface area contributed by atoms with Gasteiger partial charge in [0.2, 0.25) is 0 Å². The first-order chi connectivity index (χ1) is 23.0. The number of aromatic nitrogens is 4. The lowest BCUT2D eigenvalue weighted by Crippen LogP contribution is -2.57. The number of imidazole rings is 1. The predicted molar refractivity (Wildman–Crippen MR) is 177 cm³/mol. The van der Waals surface area contributed by atoms with Gasteiger partial charge >= 0.3 is 24.2 Å². The Labute approximate surface area is 288 Å².